The Kier molecular flexibility index (Phi) is 4.37. The SMILES string of the molecule is CCN(CC1CCC1)C(=O)N1CSC[C@H]1C(=O)O. The van der Waals surface area contributed by atoms with Crippen LogP contribution in [0.2, 0.25) is 0 Å². The molecule has 2 aliphatic rings. The minimum Gasteiger partial charge on any atom is -0.480 e. The van der Waals surface area contributed by atoms with Crippen LogP contribution in [-0.4, -0.2) is 57.7 Å². The maximum atomic E-state index is 12.3. The molecule has 0 spiro atoms. The molecule has 1 aliphatic carbocycles. The minimum absolute atomic E-state index is 0.109. The predicted molar refractivity (Wildman–Crippen MR) is 70.6 cm³/mol. The molecule has 0 bridgehead atoms. The van der Waals surface area contributed by atoms with Crippen LogP contribution in [0.5, 0.6) is 0 Å². The number of carboxylic acids is 1. The zero-order chi connectivity index (χ0) is 13.1. The van der Waals surface area contributed by atoms with Gasteiger partial charge >= 0.3 is 12.0 Å². The van der Waals surface area contributed by atoms with E-state index in [1.165, 1.54) is 35.9 Å². The quantitative estimate of drug-likeness (QED) is 0.846. The predicted octanol–water partition coefficient (Wildman–Crippen LogP) is 1.69. The van der Waals surface area contributed by atoms with Gasteiger partial charge in [-0.1, -0.05) is 6.42 Å². The van der Waals surface area contributed by atoms with Gasteiger partial charge in [0.1, 0.15) is 6.04 Å². The Labute approximate surface area is 112 Å². The number of aliphatic carboxylic acids is 1. The molecule has 1 saturated heterocycles. The molecule has 2 amide bonds. The highest BCUT2D eigenvalue weighted by Gasteiger charge is 2.37. The van der Waals surface area contributed by atoms with E-state index in [4.69, 9.17) is 5.11 Å². The summed E-state index contributed by atoms with van der Waals surface area (Å²) in [5, 5.41) is 9.10. The molecule has 1 heterocycles. The van der Waals surface area contributed by atoms with E-state index in [9.17, 15) is 9.59 Å². The van der Waals surface area contributed by atoms with Gasteiger partial charge in [0.25, 0.3) is 0 Å². The molecule has 102 valence electrons. The van der Waals surface area contributed by atoms with Crippen molar-refractivity contribution in [3.05, 3.63) is 0 Å². The van der Waals surface area contributed by atoms with Crippen LogP contribution in [-0.2, 0) is 4.79 Å². The second kappa shape index (κ2) is 5.82. The van der Waals surface area contributed by atoms with Crippen LogP contribution in [0.15, 0.2) is 0 Å². The monoisotopic (exact) mass is 272 g/mol. The zero-order valence-electron chi connectivity index (χ0n) is 10.7. The van der Waals surface area contributed by atoms with Crippen molar-refractivity contribution >= 4 is 23.8 Å². The third-order valence-corrected chi connectivity index (χ3v) is 4.78. The first-order valence-electron chi connectivity index (χ1n) is 6.49. The van der Waals surface area contributed by atoms with Gasteiger partial charge in [-0.3, -0.25) is 0 Å². The van der Waals surface area contributed by atoms with Crippen molar-refractivity contribution in [3.8, 4) is 0 Å². The van der Waals surface area contributed by atoms with Gasteiger partial charge in [-0.25, -0.2) is 9.59 Å². The lowest BCUT2D eigenvalue weighted by atomic mass is 9.85. The molecule has 0 aromatic carbocycles. The molecular weight excluding hydrogens is 252 g/mol. The smallest absolute Gasteiger partial charge is 0.327 e. The van der Waals surface area contributed by atoms with Gasteiger partial charge in [-0.2, -0.15) is 0 Å². The van der Waals surface area contributed by atoms with Gasteiger partial charge < -0.3 is 14.9 Å². The molecule has 1 atom stereocenters. The van der Waals surface area contributed by atoms with Crippen molar-refractivity contribution in [2.45, 2.75) is 32.2 Å². The van der Waals surface area contributed by atoms with Crippen LogP contribution in [0, 0.1) is 5.92 Å². The van der Waals surface area contributed by atoms with E-state index >= 15 is 0 Å². The Morgan fingerprint density at radius 3 is 2.67 bits per heavy atom. The number of hydrogen-bond acceptors (Lipinski definition) is 3. The highest BCUT2D eigenvalue weighted by atomic mass is 32.2. The summed E-state index contributed by atoms with van der Waals surface area (Å²) in [4.78, 5) is 26.7. The first-order valence-corrected chi connectivity index (χ1v) is 7.65. The van der Waals surface area contributed by atoms with E-state index in [2.05, 4.69) is 0 Å². The fourth-order valence-corrected chi connectivity index (χ4v) is 3.49. The van der Waals surface area contributed by atoms with Crippen LogP contribution < -0.4 is 0 Å². The van der Waals surface area contributed by atoms with Crippen molar-refractivity contribution < 1.29 is 14.7 Å². The minimum atomic E-state index is -0.895. The van der Waals surface area contributed by atoms with Gasteiger partial charge in [-0.15, -0.1) is 11.8 Å². The normalized spacial score (nSPS) is 23.8. The van der Waals surface area contributed by atoms with Gasteiger partial charge in [-0.05, 0) is 25.7 Å². The summed E-state index contributed by atoms with van der Waals surface area (Å²) in [6.07, 6.45) is 3.65. The molecule has 6 heteroatoms. The second-order valence-corrected chi connectivity index (χ2v) is 5.94. The van der Waals surface area contributed by atoms with E-state index < -0.39 is 12.0 Å². The molecule has 0 aromatic heterocycles. The van der Waals surface area contributed by atoms with Crippen molar-refractivity contribution in [2.75, 3.05) is 24.7 Å². The second-order valence-electron chi connectivity index (χ2n) is 4.94. The fraction of sp³-hybridized carbons (Fsp3) is 0.833. The van der Waals surface area contributed by atoms with E-state index in [0.29, 0.717) is 24.1 Å². The Morgan fingerprint density at radius 2 is 2.17 bits per heavy atom. The average Bonchev–Trinajstić information content (AvgIpc) is 2.76. The Balaban J connectivity index is 1.96. The molecule has 0 radical (unpaired) electrons. The fourth-order valence-electron chi connectivity index (χ4n) is 2.35. The highest BCUT2D eigenvalue weighted by molar-refractivity contribution is 7.99. The third kappa shape index (κ3) is 2.74. The maximum absolute atomic E-state index is 12.3. The van der Waals surface area contributed by atoms with E-state index in [1.54, 1.807) is 4.90 Å². The first-order chi connectivity index (χ1) is 8.63. The van der Waals surface area contributed by atoms with Gasteiger partial charge in [0.2, 0.25) is 0 Å². The summed E-state index contributed by atoms with van der Waals surface area (Å²) >= 11 is 1.51. The molecule has 18 heavy (non-hydrogen) atoms. The number of urea groups is 1. The average molecular weight is 272 g/mol. The number of nitrogens with zero attached hydrogens (tertiary/aromatic N) is 2. The largest absolute Gasteiger partial charge is 0.480 e. The number of hydrogen-bond donors (Lipinski definition) is 1. The number of thioether (sulfide) groups is 1. The molecule has 1 saturated carbocycles. The lowest BCUT2D eigenvalue weighted by molar-refractivity contribution is -0.140. The standard InChI is InChI=1S/C12H20N2O3S/c1-2-13(6-9-4-3-5-9)12(17)14-8-18-7-10(14)11(15)16/h9-10H,2-8H2,1H3,(H,15,16)/t10-/m0/s1. The number of carbonyl (C=O) groups is 2. The van der Waals surface area contributed by atoms with E-state index in [1.807, 2.05) is 6.92 Å². The number of carbonyl (C=O) groups excluding carboxylic acids is 1. The number of carboxylic acid groups (broad SMARTS) is 1. The Morgan fingerprint density at radius 1 is 1.44 bits per heavy atom. The lowest BCUT2D eigenvalue weighted by Gasteiger charge is -2.34. The molecule has 0 aromatic rings. The Bertz CT molecular complexity index is 333. The summed E-state index contributed by atoms with van der Waals surface area (Å²) in [7, 11) is 0. The molecular formula is C12H20N2O3S. The maximum Gasteiger partial charge on any atom is 0.327 e. The van der Waals surface area contributed by atoms with E-state index in [0.717, 1.165) is 6.54 Å². The van der Waals surface area contributed by atoms with Gasteiger partial charge in [0.05, 0.1) is 5.88 Å². The van der Waals surface area contributed by atoms with Crippen LogP contribution in [0.1, 0.15) is 26.2 Å². The molecule has 2 rings (SSSR count). The van der Waals surface area contributed by atoms with Crippen molar-refractivity contribution in [1.82, 2.24) is 9.80 Å². The summed E-state index contributed by atoms with van der Waals surface area (Å²) in [6.45, 7) is 3.39. The first kappa shape index (κ1) is 13.5. The van der Waals surface area contributed by atoms with Crippen LogP contribution in [0.3, 0.4) is 0 Å². The molecule has 0 unspecified atom stereocenters. The topological polar surface area (TPSA) is 60.9 Å². The van der Waals surface area contributed by atoms with Crippen molar-refractivity contribution in [2.24, 2.45) is 5.92 Å². The molecule has 1 aliphatic heterocycles. The number of amides is 2. The molecule has 5 nitrogen and oxygen atoms in total. The summed E-state index contributed by atoms with van der Waals surface area (Å²) in [5.41, 5.74) is 0. The molecule has 2 fully saturated rings. The van der Waals surface area contributed by atoms with Gasteiger partial charge in [0, 0.05) is 18.8 Å². The van der Waals surface area contributed by atoms with Crippen LogP contribution >= 0.6 is 11.8 Å². The lowest BCUT2D eigenvalue weighted by Crippen LogP contribution is -2.50. The van der Waals surface area contributed by atoms with Gasteiger partial charge in [0.15, 0.2) is 0 Å². The highest BCUT2D eigenvalue weighted by Crippen LogP contribution is 2.28. The van der Waals surface area contributed by atoms with Crippen molar-refractivity contribution in [3.63, 3.8) is 0 Å². The Hall–Kier alpha value is -0.910. The van der Waals surface area contributed by atoms with Crippen molar-refractivity contribution in [1.29, 1.82) is 0 Å². The van der Waals surface area contributed by atoms with E-state index in [-0.39, 0.29) is 6.03 Å². The summed E-state index contributed by atoms with van der Waals surface area (Å²) in [5.74, 6) is 0.722. The van der Waals surface area contributed by atoms with Crippen LogP contribution in [0.4, 0.5) is 4.79 Å². The number of rotatable bonds is 4. The summed E-state index contributed by atoms with van der Waals surface area (Å²) < 4.78 is 0. The van der Waals surface area contributed by atoms with Crippen LogP contribution in [0.25, 0.3) is 0 Å². The molecule has 1 N–H and O–H groups in total. The zero-order valence-corrected chi connectivity index (χ0v) is 11.5. The third-order valence-electron chi connectivity index (χ3n) is 3.77. The summed E-state index contributed by atoms with van der Waals surface area (Å²) in [6, 6.07) is -0.764.